The molecule has 13 heavy (non-hydrogen) atoms. The van der Waals surface area contributed by atoms with Crippen molar-refractivity contribution >= 4 is 5.91 Å². The molecule has 0 aromatic rings. The molecule has 0 aliphatic carbocycles. The molecule has 1 fully saturated rings. The number of hydrogen-bond acceptors (Lipinski definition) is 2. The van der Waals surface area contributed by atoms with Crippen molar-refractivity contribution in [1.29, 1.82) is 0 Å². The zero-order valence-electron chi connectivity index (χ0n) is 8.84. The van der Waals surface area contributed by atoms with Gasteiger partial charge < -0.3 is 10.2 Å². The van der Waals surface area contributed by atoms with Gasteiger partial charge >= 0.3 is 0 Å². The average Bonchev–Trinajstić information content (AvgIpc) is 2.16. The van der Waals surface area contributed by atoms with Crippen LogP contribution in [-0.4, -0.2) is 36.5 Å². The maximum Gasteiger partial charge on any atom is 0.225 e. The van der Waals surface area contributed by atoms with Gasteiger partial charge in [0, 0.05) is 31.6 Å². The lowest BCUT2D eigenvalue weighted by Gasteiger charge is -2.35. The largest absolute Gasteiger partial charge is 0.337 e. The number of hydrogen-bond donors (Lipinski definition) is 1. The first kappa shape index (κ1) is 10.5. The summed E-state index contributed by atoms with van der Waals surface area (Å²) in [4.78, 5) is 13.8. The number of piperazine rings is 1. The lowest BCUT2D eigenvalue weighted by molar-refractivity contribution is -0.137. The molecular weight excluding hydrogens is 164 g/mol. The second-order valence-electron chi connectivity index (χ2n) is 3.89. The Kier molecular flexibility index (Phi) is 3.72. The Hall–Kier alpha value is -0.570. The van der Waals surface area contributed by atoms with Gasteiger partial charge in [-0.3, -0.25) is 4.79 Å². The summed E-state index contributed by atoms with van der Waals surface area (Å²) >= 11 is 0. The van der Waals surface area contributed by atoms with Gasteiger partial charge in [0.15, 0.2) is 0 Å². The fraction of sp³-hybridized carbons (Fsp3) is 0.900. The van der Waals surface area contributed by atoms with Crippen LogP contribution in [-0.2, 0) is 4.79 Å². The van der Waals surface area contributed by atoms with Crippen LogP contribution in [0.2, 0.25) is 0 Å². The molecule has 0 bridgehead atoms. The predicted molar refractivity (Wildman–Crippen MR) is 53.5 cm³/mol. The molecule has 1 amide bonds. The summed E-state index contributed by atoms with van der Waals surface area (Å²) in [5.74, 6) is 0.497. The third kappa shape index (κ3) is 2.44. The summed E-state index contributed by atoms with van der Waals surface area (Å²) in [6.45, 7) is 8.91. The summed E-state index contributed by atoms with van der Waals surface area (Å²) in [5, 5.41) is 3.28. The van der Waals surface area contributed by atoms with E-state index in [-0.39, 0.29) is 5.92 Å². The number of carbonyl (C=O) groups is 1. The van der Waals surface area contributed by atoms with Crippen molar-refractivity contribution in [3.63, 3.8) is 0 Å². The van der Waals surface area contributed by atoms with Crippen LogP contribution in [0.3, 0.4) is 0 Å². The molecule has 1 N–H and O–H groups in total. The van der Waals surface area contributed by atoms with Crippen molar-refractivity contribution in [3.8, 4) is 0 Å². The molecule has 1 saturated heterocycles. The number of nitrogens with one attached hydrogen (secondary N) is 1. The lowest BCUT2D eigenvalue weighted by atomic mass is 10.1. The Morgan fingerprint density at radius 2 is 2.38 bits per heavy atom. The van der Waals surface area contributed by atoms with E-state index in [0.29, 0.717) is 11.9 Å². The minimum atomic E-state index is 0.181. The molecule has 0 aromatic heterocycles. The minimum absolute atomic E-state index is 0.181. The zero-order valence-corrected chi connectivity index (χ0v) is 8.84. The van der Waals surface area contributed by atoms with Crippen molar-refractivity contribution in [3.05, 3.63) is 0 Å². The average molecular weight is 184 g/mol. The maximum absolute atomic E-state index is 11.8. The van der Waals surface area contributed by atoms with Crippen LogP contribution in [0, 0.1) is 5.92 Å². The molecule has 0 radical (unpaired) electrons. The van der Waals surface area contributed by atoms with Gasteiger partial charge in [-0.2, -0.15) is 0 Å². The Labute approximate surface area is 80.5 Å². The van der Waals surface area contributed by atoms with Crippen molar-refractivity contribution in [2.24, 2.45) is 5.92 Å². The van der Waals surface area contributed by atoms with Crippen LogP contribution in [0.15, 0.2) is 0 Å². The molecule has 3 heteroatoms. The Morgan fingerprint density at radius 1 is 1.69 bits per heavy atom. The first-order chi connectivity index (χ1) is 6.16. The Morgan fingerprint density at radius 3 is 2.92 bits per heavy atom. The van der Waals surface area contributed by atoms with Gasteiger partial charge in [-0.05, 0) is 13.3 Å². The first-order valence-corrected chi connectivity index (χ1v) is 5.18. The highest BCUT2D eigenvalue weighted by Gasteiger charge is 2.25. The topological polar surface area (TPSA) is 32.3 Å². The van der Waals surface area contributed by atoms with E-state index < -0.39 is 0 Å². The second-order valence-corrected chi connectivity index (χ2v) is 3.89. The molecule has 2 unspecified atom stereocenters. The van der Waals surface area contributed by atoms with Gasteiger partial charge in [0.1, 0.15) is 0 Å². The third-order valence-corrected chi connectivity index (χ3v) is 2.82. The summed E-state index contributed by atoms with van der Waals surface area (Å²) in [6, 6.07) is 0.357. The molecule has 3 nitrogen and oxygen atoms in total. The second kappa shape index (κ2) is 4.61. The quantitative estimate of drug-likeness (QED) is 0.690. The summed E-state index contributed by atoms with van der Waals surface area (Å²) < 4.78 is 0. The van der Waals surface area contributed by atoms with E-state index in [1.165, 1.54) is 0 Å². The third-order valence-electron chi connectivity index (χ3n) is 2.82. The van der Waals surface area contributed by atoms with E-state index in [4.69, 9.17) is 0 Å². The van der Waals surface area contributed by atoms with Gasteiger partial charge in [0.25, 0.3) is 0 Å². The van der Waals surface area contributed by atoms with Gasteiger partial charge in [-0.15, -0.1) is 0 Å². The van der Waals surface area contributed by atoms with Gasteiger partial charge in [0.2, 0.25) is 5.91 Å². The lowest BCUT2D eigenvalue weighted by Crippen LogP contribution is -2.53. The van der Waals surface area contributed by atoms with Crippen LogP contribution in [0.25, 0.3) is 0 Å². The fourth-order valence-electron chi connectivity index (χ4n) is 1.63. The molecule has 1 aliphatic heterocycles. The summed E-state index contributed by atoms with van der Waals surface area (Å²) in [5.41, 5.74) is 0. The maximum atomic E-state index is 11.8. The predicted octanol–water partition coefficient (Wildman–Crippen LogP) is 0.853. The van der Waals surface area contributed by atoms with Crippen LogP contribution >= 0.6 is 0 Å². The smallest absolute Gasteiger partial charge is 0.225 e. The minimum Gasteiger partial charge on any atom is -0.337 e. The van der Waals surface area contributed by atoms with Crippen LogP contribution in [0.4, 0.5) is 0 Å². The fourth-order valence-corrected chi connectivity index (χ4v) is 1.63. The van der Waals surface area contributed by atoms with Crippen molar-refractivity contribution in [2.45, 2.75) is 33.2 Å². The van der Waals surface area contributed by atoms with Crippen LogP contribution in [0.5, 0.6) is 0 Å². The molecule has 0 aromatic carbocycles. The molecule has 1 heterocycles. The van der Waals surface area contributed by atoms with Gasteiger partial charge in [0.05, 0.1) is 0 Å². The van der Waals surface area contributed by atoms with E-state index in [1.54, 1.807) is 0 Å². The molecule has 0 saturated carbocycles. The monoisotopic (exact) mass is 184 g/mol. The molecule has 1 aliphatic rings. The number of amides is 1. The van der Waals surface area contributed by atoms with E-state index >= 15 is 0 Å². The number of carbonyl (C=O) groups excluding carboxylic acids is 1. The number of nitrogens with zero attached hydrogens (tertiary/aromatic N) is 1. The zero-order chi connectivity index (χ0) is 9.84. The van der Waals surface area contributed by atoms with Crippen molar-refractivity contribution in [2.75, 3.05) is 19.6 Å². The highest BCUT2D eigenvalue weighted by Crippen LogP contribution is 2.11. The normalized spacial score (nSPS) is 25.8. The molecule has 76 valence electrons. The van der Waals surface area contributed by atoms with Gasteiger partial charge in [-0.25, -0.2) is 0 Å². The van der Waals surface area contributed by atoms with E-state index in [1.807, 2.05) is 11.8 Å². The molecular formula is C10H20N2O. The molecule has 1 rings (SSSR count). The van der Waals surface area contributed by atoms with Crippen LogP contribution < -0.4 is 5.32 Å². The molecule has 0 spiro atoms. The van der Waals surface area contributed by atoms with Crippen molar-refractivity contribution < 1.29 is 4.79 Å². The Bertz CT molecular complexity index is 182. The van der Waals surface area contributed by atoms with Gasteiger partial charge in [-0.1, -0.05) is 13.8 Å². The van der Waals surface area contributed by atoms with Crippen molar-refractivity contribution in [1.82, 2.24) is 10.2 Å². The molecule has 2 atom stereocenters. The van der Waals surface area contributed by atoms with E-state index in [0.717, 1.165) is 26.1 Å². The first-order valence-electron chi connectivity index (χ1n) is 5.18. The van der Waals surface area contributed by atoms with E-state index in [2.05, 4.69) is 19.2 Å². The summed E-state index contributed by atoms with van der Waals surface area (Å²) in [6.07, 6.45) is 0.940. The highest BCUT2D eigenvalue weighted by atomic mass is 16.2. The van der Waals surface area contributed by atoms with E-state index in [9.17, 15) is 4.79 Å². The highest BCUT2D eigenvalue weighted by molar-refractivity contribution is 5.78. The van der Waals surface area contributed by atoms with Crippen LogP contribution in [0.1, 0.15) is 27.2 Å². The SMILES string of the molecule is CCC(C)C(=O)N1CCNCC1C. The standard InChI is InChI=1S/C10H20N2O/c1-4-8(2)10(13)12-6-5-11-7-9(12)3/h8-9,11H,4-7H2,1-3H3. The number of rotatable bonds is 2. The Balaban J connectivity index is 2.53. The summed E-state index contributed by atoms with van der Waals surface area (Å²) in [7, 11) is 0.